The maximum Gasteiger partial charge on any atom is 0.251 e. The summed E-state index contributed by atoms with van der Waals surface area (Å²) in [5.74, 6) is 1.19. The SMILES string of the molecule is COc1ccc(C(=O)NCCOc2ccccc2N)cc1. The summed E-state index contributed by atoms with van der Waals surface area (Å²) in [6.45, 7) is 0.759. The molecule has 0 atom stereocenters. The molecule has 0 heterocycles. The van der Waals surface area contributed by atoms with E-state index in [2.05, 4.69) is 5.32 Å². The van der Waals surface area contributed by atoms with E-state index >= 15 is 0 Å². The molecule has 0 unspecified atom stereocenters. The second kappa shape index (κ2) is 7.19. The molecule has 21 heavy (non-hydrogen) atoms. The molecule has 0 aliphatic heterocycles. The van der Waals surface area contributed by atoms with Crippen LogP contribution in [0.5, 0.6) is 11.5 Å². The van der Waals surface area contributed by atoms with Gasteiger partial charge in [0.2, 0.25) is 0 Å². The van der Waals surface area contributed by atoms with Crippen LogP contribution in [0, 0.1) is 0 Å². The van der Waals surface area contributed by atoms with Crippen LogP contribution in [0.25, 0.3) is 0 Å². The van der Waals surface area contributed by atoms with Gasteiger partial charge in [-0.3, -0.25) is 4.79 Å². The Morgan fingerprint density at radius 3 is 2.52 bits per heavy atom. The number of methoxy groups -OCH3 is 1. The summed E-state index contributed by atoms with van der Waals surface area (Å²) in [6, 6.07) is 14.2. The molecule has 1 amide bonds. The molecule has 0 saturated heterocycles. The van der Waals surface area contributed by atoms with Crippen molar-refractivity contribution in [1.82, 2.24) is 5.32 Å². The number of benzene rings is 2. The Bertz CT molecular complexity index is 597. The first-order chi connectivity index (χ1) is 10.2. The average Bonchev–Trinajstić information content (AvgIpc) is 2.53. The van der Waals surface area contributed by atoms with Crippen molar-refractivity contribution in [2.45, 2.75) is 0 Å². The van der Waals surface area contributed by atoms with Crippen LogP contribution in [-0.4, -0.2) is 26.2 Å². The van der Waals surface area contributed by atoms with Gasteiger partial charge in [-0.25, -0.2) is 0 Å². The zero-order valence-electron chi connectivity index (χ0n) is 11.8. The summed E-state index contributed by atoms with van der Waals surface area (Å²) in [4.78, 5) is 11.9. The largest absolute Gasteiger partial charge is 0.497 e. The van der Waals surface area contributed by atoms with Gasteiger partial charge in [0.1, 0.15) is 18.1 Å². The first-order valence-corrected chi connectivity index (χ1v) is 6.60. The van der Waals surface area contributed by atoms with Crippen molar-refractivity contribution >= 4 is 11.6 Å². The molecule has 5 heteroatoms. The molecular weight excluding hydrogens is 268 g/mol. The number of para-hydroxylation sites is 2. The highest BCUT2D eigenvalue weighted by atomic mass is 16.5. The zero-order chi connectivity index (χ0) is 15.1. The van der Waals surface area contributed by atoms with Crippen LogP contribution in [0.2, 0.25) is 0 Å². The van der Waals surface area contributed by atoms with Crippen LogP contribution < -0.4 is 20.5 Å². The molecule has 0 radical (unpaired) electrons. The van der Waals surface area contributed by atoms with E-state index in [1.54, 1.807) is 43.5 Å². The van der Waals surface area contributed by atoms with Gasteiger partial charge in [0.05, 0.1) is 19.3 Å². The highest BCUT2D eigenvalue weighted by molar-refractivity contribution is 5.94. The fraction of sp³-hybridized carbons (Fsp3) is 0.188. The lowest BCUT2D eigenvalue weighted by atomic mass is 10.2. The Kier molecular flexibility index (Phi) is 5.04. The number of nitrogen functional groups attached to an aromatic ring is 1. The number of hydrogen-bond donors (Lipinski definition) is 2. The Morgan fingerprint density at radius 1 is 1.14 bits per heavy atom. The molecule has 0 aliphatic carbocycles. The van der Waals surface area contributed by atoms with E-state index in [0.717, 1.165) is 5.75 Å². The van der Waals surface area contributed by atoms with Crippen LogP contribution in [0.4, 0.5) is 5.69 Å². The van der Waals surface area contributed by atoms with Gasteiger partial charge in [0, 0.05) is 5.56 Å². The van der Waals surface area contributed by atoms with Crippen molar-refractivity contribution in [1.29, 1.82) is 0 Å². The standard InChI is InChI=1S/C16H18N2O3/c1-20-13-8-6-12(7-9-13)16(19)18-10-11-21-15-5-3-2-4-14(15)17/h2-9H,10-11,17H2,1H3,(H,18,19). The van der Waals surface area contributed by atoms with Crippen LogP contribution in [0.15, 0.2) is 48.5 Å². The van der Waals surface area contributed by atoms with Crippen molar-refractivity contribution in [3.8, 4) is 11.5 Å². The van der Waals surface area contributed by atoms with Crippen molar-refractivity contribution in [2.24, 2.45) is 0 Å². The third-order valence-corrected chi connectivity index (χ3v) is 2.92. The third kappa shape index (κ3) is 4.14. The van der Waals surface area contributed by atoms with Crippen molar-refractivity contribution in [2.75, 3.05) is 26.0 Å². The molecule has 2 aromatic carbocycles. The lowest BCUT2D eigenvalue weighted by Crippen LogP contribution is -2.28. The van der Waals surface area contributed by atoms with Crippen LogP contribution >= 0.6 is 0 Å². The molecule has 2 rings (SSSR count). The van der Waals surface area contributed by atoms with Crippen LogP contribution in [0.1, 0.15) is 10.4 Å². The van der Waals surface area contributed by atoms with E-state index in [4.69, 9.17) is 15.2 Å². The number of hydrogen-bond acceptors (Lipinski definition) is 4. The normalized spacial score (nSPS) is 9.95. The van der Waals surface area contributed by atoms with Gasteiger partial charge in [0.25, 0.3) is 5.91 Å². The summed E-state index contributed by atoms with van der Waals surface area (Å²) in [7, 11) is 1.59. The van der Waals surface area contributed by atoms with Gasteiger partial charge in [-0.2, -0.15) is 0 Å². The summed E-state index contributed by atoms with van der Waals surface area (Å²) < 4.78 is 10.5. The average molecular weight is 286 g/mol. The molecule has 0 fully saturated rings. The smallest absolute Gasteiger partial charge is 0.251 e. The van der Waals surface area contributed by atoms with E-state index in [0.29, 0.717) is 30.2 Å². The molecular formula is C16H18N2O3. The van der Waals surface area contributed by atoms with Gasteiger partial charge < -0.3 is 20.5 Å². The number of rotatable bonds is 6. The summed E-state index contributed by atoms with van der Waals surface area (Å²) in [5, 5.41) is 2.78. The zero-order valence-corrected chi connectivity index (χ0v) is 11.8. The predicted molar refractivity (Wildman–Crippen MR) is 81.7 cm³/mol. The van der Waals surface area contributed by atoms with E-state index in [-0.39, 0.29) is 5.91 Å². The lowest BCUT2D eigenvalue weighted by molar-refractivity contribution is 0.0947. The lowest BCUT2D eigenvalue weighted by Gasteiger charge is -2.09. The van der Waals surface area contributed by atoms with Gasteiger partial charge >= 0.3 is 0 Å². The highest BCUT2D eigenvalue weighted by Gasteiger charge is 2.05. The minimum Gasteiger partial charge on any atom is -0.497 e. The predicted octanol–water partition coefficient (Wildman–Crippen LogP) is 2.09. The second-order valence-electron chi connectivity index (χ2n) is 4.37. The van der Waals surface area contributed by atoms with Crippen molar-refractivity contribution in [3.63, 3.8) is 0 Å². The van der Waals surface area contributed by atoms with Crippen LogP contribution in [-0.2, 0) is 0 Å². The van der Waals surface area contributed by atoms with Gasteiger partial charge in [0.15, 0.2) is 0 Å². The highest BCUT2D eigenvalue weighted by Crippen LogP contribution is 2.19. The molecule has 110 valence electrons. The minimum absolute atomic E-state index is 0.151. The number of nitrogens with one attached hydrogen (secondary N) is 1. The number of carbonyl (C=O) groups excluding carboxylic acids is 1. The topological polar surface area (TPSA) is 73.6 Å². The minimum atomic E-state index is -0.151. The van der Waals surface area contributed by atoms with E-state index < -0.39 is 0 Å². The Balaban J connectivity index is 1.77. The number of ether oxygens (including phenoxy) is 2. The fourth-order valence-corrected chi connectivity index (χ4v) is 1.78. The summed E-state index contributed by atoms with van der Waals surface area (Å²) in [6.07, 6.45) is 0. The number of anilines is 1. The number of amides is 1. The number of carbonyl (C=O) groups is 1. The van der Waals surface area contributed by atoms with Gasteiger partial charge in [-0.1, -0.05) is 12.1 Å². The maximum atomic E-state index is 11.9. The van der Waals surface area contributed by atoms with E-state index in [1.807, 2.05) is 12.1 Å². The Labute approximate surface area is 123 Å². The van der Waals surface area contributed by atoms with Crippen LogP contribution in [0.3, 0.4) is 0 Å². The van der Waals surface area contributed by atoms with E-state index in [9.17, 15) is 4.79 Å². The molecule has 2 aromatic rings. The molecule has 0 saturated carbocycles. The van der Waals surface area contributed by atoms with Crippen molar-refractivity contribution in [3.05, 3.63) is 54.1 Å². The van der Waals surface area contributed by atoms with Crippen molar-refractivity contribution < 1.29 is 14.3 Å². The second-order valence-corrected chi connectivity index (χ2v) is 4.37. The first kappa shape index (κ1) is 14.7. The monoisotopic (exact) mass is 286 g/mol. The molecule has 0 spiro atoms. The third-order valence-electron chi connectivity index (χ3n) is 2.92. The molecule has 5 nitrogen and oxygen atoms in total. The maximum absolute atomic E-state index is 11.9. The molecule has 0 aliphatic rings. The Morgan fingerprint density at radius 2 is 1.86 bits per heavy atom. The van der Waals surface area contributed by atoms with Gasteiger partial charge in [-0.15, -0.1) is 0 Å². The number of nitrogens with two attached hydrogens (primary N) is 1. The Hall–Kier alpha value is -2.69. The summed E-state index contributed by atoms with van der Waals surface area (Å²) >= 11 is 0. The quantitative estimate of drug-likeness (QED) is 0.630. The first-order valence-electron chi connectivity index (χ1n) is 6.60. The molecule has 3 N–H and O–H groups in total. The van der Waals surface area contributed by atoms with Gasteiger partial charge in [-0.05, 0) is 36.4 Å². The molecule has 0 aromatic heterocycles. The summed E-state index contributed by atoms with van der Waals surface area (Å²) in [5.41, 5.74) is 6.92. The molecule has 0 bridgehead atoms. The van der Waals surface area contributed by atoms with E-state index in [1.165, 1.54) is 0 Å². The fourth-order valence-electron chi connectivity index (χ4n) is 1.78.